The van der Waals surface area contributed by atoms with E-state index in [-0.39, 0.29) is 6.04 Å². The van der Waals surface area contributed by atoms with Crippen molar-refractivity contribution in [3.05, 3.63) is 23.0 Å². The Bertz CT molecular complexity index is 430. The molecule has 0 aromatic heterocycles. The second-order valence-corrected chi connectivity index (χ2v) is 4.88. The molecule has 0 bridgehead atoms. The maximum atomic E-state index is 9.09. The molecule has 0 aromatic carbocycles. The molecule has 2 aliphatic heterocycles. The van der Waals surface area contributed by atoms with Gasteiger partial charge in [0.25, 0.3) is 0 Å². The van der Waals surface area contributed by atoms with E-state index in [0.29, 0.717) is 12.1 Å². The summed E-state index contributed by atoms with van der Waals surface area (Å²) in [6, 6.07) is 3.46. The average molecular weight is 216 g/mol. The predicted octanol–water partition coefficient (Wildman–Crippen LogP) is 1.98. The molecule has 84 valence electrons. The van der Waals surface area contributed by atoms with Gasteiger partial charge in [0.1, 0.15) is 6.04 Å². The summed E-state index contributed by atoms with van der Waals surface area (Å²) in [4.78, 5) is 2.34. The highest BCUT2D eigenvalue weighted by Crippen LogP contribution is 2.47. The van der Waals surface area contributed by atoms with Crippen molar-refractivity contribution in [1.29, 1.82) is 5.26 Å². The van der Waals surface area contributed by atoms with Crippen molar-refractivity contribution in [3.8, 4) is 6.07 Å². The van der Waals surface area contributed by atoms with E-state index in [4.69, 9.17) is 10.00 Å². The minimum absolute atomic E-state index is 0.139. The smallest absolute Gasteiger partial charge is 0.118 e. The van der Waals surface area contributed by atoms with E-state index in [1.807, 2.05) is 0 Å². The molecule has 3 rings (SSSR count). The lowest BCUT2D eigenvalue weighted by atomic mass is 9.87. The van der Waals surface area contributed by atoms with Gasteiger partial charge in [0.2, 0.25) is 0 Å². The molecule has 3 nitrogen and oxygen atoms in total. The van der Waals surface area contributed by atoms with Crippen molar-refractivity contribution in [2.24, 2.45) is 0 Å². The lowest BCUT2D eigenvalue weighted by Gasteiger charge is -2.27. The first-order chi connectivity index (χ1) is 7.76. The summed E-state index contributed by atoms with van der Waals surface area (Å²) in [6.45, 7) is 2.21. The predicted molar refractivity (Wildman–Crippen MR) is 60.5 cm³/mol. The van der Waals surface area contributed by atoms with Crippen molar-refractivity contribution >= 4 is 0 Å². The normalized spacial score (nSPS) is 40.4. The van der Waals surface area contributed by atoms with Gasteiger partial charge in [-0.15, -0.1) is 0 Å². The van der Waals surface area contributed by atoms with Crippen molar-refractivity contribution in [1.82, 2.24) is 4.90 Å². The van der Waals surface area contributed by atoms with Crippen molar-refractivity contribution in [2.75, 3.05) is 7.11 Å². The summed E-state index contributed by atoms with van der Waals surface area (Å²) in [5, 5.41) is 9.09. The number of hydrogen-bond acceptors (Lipinski definition) is 3. The van der Waals surface area contributed by atoms with E-state index in [0.717, 1.165) is 25.0 Å². The number of fused-ring (bicyclic) bond motifs is 2. The number of rotatable bonds is 1. The van der Waals surface area contributed by atoms with Gasteiger partial charge in [0.05, 0.1) is 25.0 Å². The summed E-state index contributed by atoms with van der Waals surface area (Å²) in [7, 11) is 1.74. The van der Waals surface area contributed by atoms with Crippen LogP contribution in [0, 0.1) is 11.3 Å². The van der Waals surface area contributed by atoms with Gasteiger partial charge < -0.3 is 4.74 Å². The molecule has 1 aliphatic carbocycles. The van der Waals surface area contributed by atoms with E-state index in [9.17, 15) is 0 Å². The Morgan fingerprint density at radius 2 is 2.31 bits per heavy atom. The Morgan fingerprint density at radius 3 is 3.00 bits per heavy atom. The SMILES string of the molecule is COC1=CC2=C(CC1)[C@@H]1[C@@H](C#N)N1[C@H](C)C2. The van der Waals surface area contributed by atoms with Gasteiger partial charge in [0.15, 0.2) is 0 Å². The Hall–Kier alpha value is -1.27. The van der Waals surface area contributed by atoms with Crippen LogP contribution in [0.5, 0.6) is 0 Å². The van der Waals surface area contributed by atoms with E-state index >= 15 is 0 Å². The van der Waals surface area contributed by atoms with Crippen molar-refractivity contribution < 1.29 is 4.74 Å². The first-order valence-corrected chi connectivity index (χ1v) is 5.89. The number of nitriles is 1. The molecular weight excluding hydrogens is 200 g/mol. The van der Waals surface area contributed by atoms with Crippen LogP contribution in [0.4, 0.5) is 0 Å². The molecule has 1 saturated heterocycles. The Balaban J connectivity index is 1.94. The standard InChI is InChI=1S/C13H16N2O/c1-8-5-9-6-10(16-2)3-4-11(9)13-12(7-14)15(8)13/h6,8,12-13H,3-5H2,1-2H3/t8-,12-,13-,15?/m1/s1. The first kappa shape index (κ1) is 9.92. The third kappa shape index (κ3) is 1.23. The molecule has 3 aliphatic rings. The van der Waals surface area contributed by atoms with Gasteiger partial charge in [-0.2, -0.15) is 5.26 Å². The minimum Gasteiger partial charge on any atom is -0.501 e. The van der Waals surface area contributed by atoms with Crippen LogP contribution >= 0.6 is 0 Å². The number of methoxy groups -OCH3 is 1. The zero-order valence-corrected chi connectivity index (χ0v) is 9.73. The average Bonchev–Trinajstić information content (AvgIpc) is 3.03. The van der Waals surface area contributed by atoms with Gasteiger partial charge in [-0.1, -0.05) is 0 Å². The largest absolute Gasteiger partial charge is 0.501 e. The van der Waals surface area contributed by atoms with E-state index in [1.165, 1.54) is 11.1 Å². The van der Waals surface area contributed by atoms with E-state index in [2.05, 4.69) is 24.0 Å². The Morgan fingerprint density at radius 1 is 1.50 bits per heavy atom. The van der Waals surface area contributed by atoms with Gasteiger partial charge in [-0.05, 0) is 37.0 Å². The third-order valence-corrected chi connectivity index (χ3v) is 4.02. The van der Waals surface area contributed by atoms with Gasteiger partial charge in [-0.3, -0.25) is 4.90 Å². The second-order valence-electron chi connectivity index (χ2n) is 4.88. The number of nitrogens with zero attached hydrogens (tertiary/aromatic N) is 2. The van der Waals surface area contributed by atoms with Crippen LogP contribution in [0.25, 0.3) is 0 Å². The molecule has 3 heteroatoms. The fourth-order valence-electron chi connectivity index (χ4n) is 3.19. The lowest BCUT2D eigenvalue weighted by molar-refractivity contribution is 0.271. The zero-order chi connectivity index (χ0) is 11.3. The van der Waals surface area contributed by atoms with E-state index < -0.39 is 0 Å². The molecule has 0 aromatic rings. The fraction of sp³-hybridized carbons (Fsp3) is 0.615. The number of allylic oxidation sites excluding steroid dienone is 2. The number of hydrogen-bond donors (Lipinski definition) is 0. The summed E-state index contributed by atoms with van der Waals surface area (Å²) in [5.74, 6) is 1.09. The monoisotopic (exact) mass is 216 g/mol. The fourth-order valence-corrected chi connectivity index (χ4v) is 3.19. The maximum Gasteiger partial charge on any atom is 0.118 e. The van der Waals surface area contributed by atoms with Crippen LogP contribution in [0.1, 0.15) is 26.2 Å². The third-order valence-electron chi connectivity index (χ3n) is 4.02. The topological polar surface area (TPSA) is 36.0 Å². The molecule has 16 heavy (non-hydrogen) atoms. The highest BCUT2D eigenvalue weighted by atomic mass is 16.5. The number of ether oxygens (including phenoxy) is 1. The Labute approximate surface area is 96.0 Å². The molecule has 0 N–H and O–H groups in total. The summed E-state index contributed by atoms with van der Waals surface area (Å²) in [5.41, 5.74) is 2.92. The molecular formula is C13H16N2O. The quantitative estimate of drug-likeness (QED) is 0.629. The van der Waals surface area contributed by atoms with Crippen molar-refractivity contribution in [2.45, 2.75) is 44.3 Å². The van der Waals surface area contributed by atoms with Gasteiger partial charge >= 0.3 is 0 Å². The summed E-state index contributed by atoms with van der Waals surface area (Å²) >= 11 is 0. The van der Waals surface area contributed by atoms with Gasteiger partial charge in [0, 0.05) is 12.5 Å². The molecule has 1 unspecified atom stereocenters. The molecule has 0 amide bonds. The van der Waals surface area contributed by atoms with Crippen LogP contribution in [0.3, 0.4) is 0 Å². The molecule has 0 radical (unpaired) electrons. The van der Waals surface area contributed by atoms with Crippen LogP contribution in [0.15, 0.2) is 23.0 Å². The minimum atomic E-state index is 0.139. The highest BCUT2D eigenvalue weighted by Gasteiger charge is 2.55. The maximum absolute atomic E-state index is 9.09. The first-order valence-electron chi connectivity index (χ1n) is 5.89. The molecule has 1 fully saturated rings. The zero-order valence-electron chi connectivity index (χ0n) is 9.73. The highest BCUT2D eigenvalue weighted by molar-refractivity contribution is 5.45. The van der Waals surface area contributed by atoms with Gasteiger partial charge in [-0.25, -0.2) is 0 Å². The Kier molecular flexibility index (Phi) is 2.08. The van der Waals surface area contributed by atoms with Crippen molar-refractivity contribution in [3.63, 3.8) is 0 Å². The molecule has 2 heterocycles. The summed E-state index contributed by atoms with van der Waals surface area (Å²) in [6.07, 6.45) is 5.32. The molecule has 4 atom stereocenters. The van der Waals surface area contributed by atoms with Crippen LogP contribution in [0.2, 0.25) is 0 Å². The second kappa shape index (κ2) is 3.36. The molecule has 0 spiro atoms. The van der Waals surface area contributed by atoms with Crippen LogP contribution < -0.4 is 0 Å². The summed E-state index contributed by atoms with van der Waals surface area (Å²) < 4.78 is 5.33. The lowest BCUT2D eigenvalue weighted by Crippen LogP contribution is -2.25. The van der Waals surface area contributed by atoms with Crippen LogP contribution in [-0.4, -0.2) is 30.1 Å². The van der Waals surface area contributed by atoms with E-state index in [1.54, 1.807) is 7.11 Å². The molecule has 0 saturated carbocycles. The van der Waals surface area contributed by atoms with Crippen LogP contribution in [-0.2, 0) is 4.74 Å².